The molecule has 1 saturated carbocycles. The molecule has 20 heavy (non-hydrogen) atoms. The third-order valence-electron chi connectivity index (χ3n) is 3.57. The number of aromatic nitrogens is 3. The van der Waals surface area contributed by atoms with Crippen LogP contribution in [0.25, 0.3) is 0 Å². The molecule has 2 aliphatic rings. The minimum atomic E-state index is -3.49. The summed E-state index contributed by atoms with van der Waals surface area (Å²) < 4.78 is 26.5. The first kappa shape index (κ1) is 13.5. The van der Waals surface area contributed by atoms with Crippen molar-refractivity contribution in [3.63, 3.8) is 0 Å². The van der Waals surface area contributed by atoms with Crippen LogP contribution in [0.3, 0.4) is 0 Å². The third kappa shape index (κ3) is 2.44. The Morgan fingerprint density at radius 1 is 1.40 bits per heavy atom. The molecule has 7 nitrogen and oxygen atoms in total. The van der Waals surface area contributed by atoms with Gasteiger partial charge in [0.05, 0.1) is 5.69 Å². The van der Waals surface area contributed by atoms with Gasteiger partial charge in [-0.15, -0.1) is 5.10 Å². The van der Waals surface area contributed by atoms with Crippen molar-refractivity contribution in [3.8, 4) is 0 Å². The van der Waals surface area contributed by atoms with Crippen LogP contribution < -0.4 is 0 Å². The largest absolute Gasteiger partial charge is 0.389 e. The van der Waals surface area contributed by atoms with E-state index in [1.54, 1.807) is 11.7 Å². The van der Waals surface area contributed by atoms with Crippen LogP contribution in [0.5, 0.6) is 0 Å². The van der Waals surface area contributed by atoms with Gasteiger partial charge in [-0.1, -0.05) is 10.4 Å². The normalized spacial score (nSPS) is 21.6. The SMILES string of the molecule is Cn1nnc(CS(=O)(=O)C2=NOC(C)(C)C2)c1C1CC1. The monoisotopic (exact) mass is 298 g/mol. The summed E-state index contributed by atoms with van der Waals surface area (Å²) in [5.74, 6) is 0.253. The molecule has 3 rings (SSSR count). The molecule has 0 N–H and O–H groups in total. The summed E-state index contributed by atoms with van der Waals surface area (Å²) in [6, 6.07) is 0. The van der Waals surface area contributed by atoms with Crippen LogP contribution in [-0.4, -0.2) is 34.1 Å². The maximum atomic E-state index is 12.4. The summed E-state index contributed by atoms with van der Waals surface area (Å²) in [5, 5.41) is 11.8. The lowest BCUT2D eigenvalue weighted by atomic mass is 10.1. The Hall–Kier alpha value is -1.44. The van der Waals surface area contributed by atoms with E-state index < -0.39 is 15.4 Å². The minimum absolute atomic E-state index is 0.106. The lowest BCUT2D eigenvalue weighted by molar-refractivity contribution is 0.0123. The van der Waals surface area contributed by atoms with E-state index in [1.165, 1.54) is 0 Å². The first-order chi connectivity index (χ1) is 9.28. The molecule has 110 valence electrons. The molecule has 8 heteroatoms. The van der Waals surface area contributed by atoms with E-state index in [1.807, 2.05) is 13.8 Å². The van der Waals surface area contributed by atoms with Gasteiger partial charge in [-0.2, -0.15) is 0 Å². The van der Waals surface area contributed by atoms with Gasteiger partial charge in [-0.25, -0.2) is 8.42 Å². The molecule has 0 atom stereocenters. The molecule has 1 fully saturated rings. The summed E-state index contributed by atoms with van der Waals surface area (Å²) in [5.41, 5.74) is 0.930. The highest BCUT2D eigenvalue weighted by Gasteiger charge is 2.38. The highest BCUT2D eigenvalue weighted by atomic mass is 32.2. The zero-order valence-electron chi connectivity index (χ0n) is 11.8. The number of aryl methyl sites for hydroxylation is 1. The average molecular weight is 298 g/mol. The van der Waals surface area contributed by atoms with Gasteiger partial charge in [0.25, 0.3) is 0 Å². The van der Waals surface area contributed by atoms with Crippen molar-refractivity contribution < 1.29 is 13.3 Å². The van der Waals surface area contributed by atoms with Crippen LogP contribution in [0.15, 0.2) is 5.16 Å². The fourth-order valence-corrected chi connectivity index (χ4v) is 3.85. The number of nitrogens with zero attached hydrogens (tertiary/aromatic N) is 4. The van der Waals surface area contributed by atoms with E-state index in [4.69, 9.17) is 4.84 Å². The van der Waals surface area contributed by atoms with Crippen molar-refractivity contribution in [2.24, 2.45) is 12.2 Å². The number of sulfone groups is 1. The Bertz CT molecular complexity index is 671. The summed E-state index contributed by atoms with van der Waals surface area (Å²) in [6.07, 6.45) is 2.45. The molecule has 1 aliphatic heterocycles. The van der Waals surface area contributed by atoms with Gasteiger partial charge in [0.1, 0.15) is 17.0 Å². The van der Waals surface area contributed by atoms with Gasteiger partial charge in [0.15, 0.2) is 5.04 Å². The van der Waals surface area contributed by atoms with E-state index in [9.17, 15) is 8.42 Å². The lowest BCUT2D eigenvalue weighted by Crippen LogP contribution is -2.23. The van der Waals surface area contributed by atoms with Gasteiger partial charge in [-0.3, -0.25) is 4.68 Å². The third-order valence-corrected chi connectivity index (χ3v) is 5.16. The number of hydrogen-bond acceptors (Lipinski definition) is 6. The molecular weight excluding hydrogens is 280 g/mol. The second-order valence-electron chi connectivity index (χ2n) is 6.09. The molecule has 2 heterocycles. The van der Waals surface area contributed by atoms with Crippen LogP contribution in [0, 0.1) is 0 Å². The van der Waals surface area contributed by atoms with Crippen molar-refractivity contribution >= 4 is 14.9 Å². The predicted octanol–water partition coefficient (Wildman–Crippen LogP) is 1.12. The summed E-state index contributed by atoms with van der Waals surface area (Å²) in [7, 11) is -1.69. The molecule has 0 radical (unpaired) electrons. The topological polar surface area (TPSA) is 86.4 Å². The summed E-state index contributed by atoms with van der Waals surface area (Å²) in [4.78, 5) is 5.14. The standard InChI is InChI=1S/C12H18N4O3S/c1-12(2)6-10(14-19-12)20(17,18)7-9-11(8-4-5-8)16(3)15-13-9/h8H,4-7H2,1-3H3. The second kappa shape index (κ2) is 4.28. The maximum Gasteiger partial charge on any atom is 0.200 e. The van der Waals surface area contributed by atoms with Crippen LogP contribution >= 0.6 is 0 Å². The Morgan fingerprint density at radius 2 is 2.10 bits per heavy atom. The fourth-order valence-electron chi connectivity index (χ4n) is 2.40. The fraction of sp³-hybridized carbons (Fsp3) is 0.750. The van der Waals surface area contributed by atoms with Crippen LogP contribution in [0.1, 0.15) is 50.4 Å². The molecular formula is C12H18N4O3S. The zero-order chi connectivity index (χ0) is 14.5. The average Bonchev–Trinajstić information content (AvgIpc) is 3.01. The number of oxime groups is 1. The predicted molar refractivity (Wildman–Crippen MR) is 72.8 cm³/mol. The van der Waals surface area contributed by atoms with Gasteiger partial charge in [0, 0.05) is 19.4 Å². The molecule has 0 bridgehead atoms. The molecule has 0 saturated heterocycles. The molecule has 0 spiro atoms. The van der Waals surface area contributed by atoms with Gasteiger partial charge in [0.2, 0.25) is 9.84 Å². The highest BCUT2D eigenvalue weighted by Crippen LogP contribution is 2.41. The minimum Gasteiger partial charge on any atom is -0.389 e. The Balaban J connectivity index is 1.84. The summed E-state index contributed by atoms with van der Waals surface area (Å²) in [6.45, 7) is 3.63. The summed E-state index contributed by atoms with van der Waals surface area (Å²) >= 11 is 0. The van der Waals surface area contributed by atoms with Crippen LogP contribution in [-0.2, 0) is 27.5 Å². The molecule has 1 aromatic rings. The van der Waals surface area contributed by atoms with Crippen molar-refractivity contribution in [1.82, 2.24) is 15.0 Å². The van der Waals surface area contributed by atoms with E-state index >= 15 is 0 Å². The molecule has 0 aromatic carbocycles. The lowest BCUT2D eigenvalue weighted by Gasteiger charge is -2.13. The van der Waals surface area contributed by atoms with Crippen LogP contribution in [0.2, 0.25) is 0 Å². The van der Waals surface area contributed by atoms with Gasteiger partial charge >= 0.3 is 0 Å². The molecule has 0 unspecified atom stereocenters. The highest BCUT2D eigenvalue weighted by molar-refractivity contribution is 8.05. The van der Waals surface area contributed by atoms with E-state index in [-0.39, 0.29) is 10.8 Å². The van der Waals surface area contributed by atoms with Crippen molar-refractivity contribution in [2.45, 2.75) is 50.4 Å². The Kier molecular flexibility index (Phi) is 2.89. The van der Waals surface area contributed by atoms with E-state index in [2.05, 4.69) is 15.5 Å². The maximum absolute atomic E-state index is 12.4. The number of rotatable bonds is 3. The molecule has 0 amide bonds. The molecule has 1 aromatic heterocycles. The van der Waals surface area contributed by atoms with Gasteiger partial charge < -0.3 is 4.84 Å². The van der Waals surface area contributed by atoms with Gasteiger partial charge in [-0.05, 0) is 26.7 Å². The zero-order valence-corrected chi connectivity index (χ0v) is 12.6. The smallest absolute Gasteiger partial charge is 0.200 e. The Labute approximate surface area is 117 Å². The first-order valence-electron chi connectivity index (χ1n) is 6.65. The second-order valence-corrected chi connectivity index (χ2v) is 8.08. The quantitative estimate of drug-likeness (QED) is 0.834. The Morgan fingerprint density at radius 3 is 2.65 bits per heavy atom. The first-order valence-corrected chi connectivity index (χ1v) is 8.30. The van der Waals surface area contributed by atoms with Crippen molar-refractivity contribution in [2.75, 3.05) is 0 Å². The van der Waals surface area contributed by atoms with Crippen molar-refractivity contribution in [1.29, 1.82) is 0 Å². The number of hydrogen-bond donors (Lipinski definition) is 0. The van der Waals surface area contributed by atoms with E-state index in [0.717, 1.165) is 18.5 Å². The van der Waals surface area contributed by atoms with E-state index in [0.29, 0.717) is 18.0 Å². The van der Waals surface area contributed by atoms with Crippen molar-refractivity contribution in [3.05, 3.63) is 11.4 Å². The molecule has 1 aliphatic carbocycles. The van der Waals surface area contributed by atoms with Crippen LogP contribution in [0.4, 0.5) is 0 Å².